The molecule has 1 fully saturated rings. The van der Waals surface area contributed by atoms with Crippen molar-refractivity contribution in [1.82, 2.24) is 4.90 Å². The molecular weight excluding hydrogens is 266 g/mol. The summed E-state index contributed by atoms with van der Waals surface area (Å²) in [4.78, 5) is 13.6. The molecule has 1 aromatic rings. The first-order valence-corrected chi connectivity index (χ1v) is 6.53. The highest BCUT2D eigenvalue weighted by molar-refractivity contribution is 5.84. The van der Waals surface area contributed by atoms with Gasteiger partial charge in [-0.1, -0.05) is 30.3 Å². The van der Waals surface area contributed by atoms with Crippen molar-refractivity contribution >= 4 is 5.91 Å². The standard InChI is InChI=1S/C14H18F2N2O2/c15-14(16)9-18(6-7-20-10-14)13(19)12(8-17)11-4-2-1-3-5-11/h1-5,12H,6-10,17H2. The smallest absolute Gasteiger partial charge is 0.288 e. The minimum Gasteiger partial charge on any atom is -0.373 e. The zero-order valence-corrected chi connectivity index (χ0v) is 11.1. The average Bonchev–Trinajstić information content (AvgIpc) is 2.61. The molecule has 4 nitrogen and oxygen atoms in total. The number of nitrogens with two attached hydrogens (primary N) is 1. The van der Waals surface area contributed by atoms with Crippen LogP contribution in [0.1, 0.15) is 11.5 Å². The van der Waals surface area contributed by atoms with Crippen LogP contribution in [0.4, 0.5) is 8.78 Å². The van der Waals surface area contributed by atoms with Gasteiger partial charge in [-0.2, -0.15) is 0 Å². The average molecular weight is 284 g/mol. The Hall–Kier alpha value is -1.53. The Kier molecular flexibility index (Phi) is 4.67. The molecule has 0 radical (unpaired) electrons. The summed E-state index contributed by atoms with van der Waals surface area (Å²) < 4.78 is 31.8. The van der Waals surface area contributed by atoms with E-state index in [-0.39, 0.29) is 25.6 Å². The molecule has 2 N–H and O–H groups in total. The van der Waals surface area contributed by atoms with E-state index in [1.165, 1.54) is 0 Å². The molecule has 0 bridgehead atoms. The predicted molar refractivity (Wildman–Crippen MR) is 70.6 cm³/mol. The summed E-state index contributed by atoms with van der Waals surface area (Å²) >= 11 is 0. The Morgan fingerprint density at radius 2 is 2.10 bits per heavy atom. The molecule has 0 aromatic heterocycles. The monoisotopic (exact) mass is 284 g/mol. The van der Waals surface area contributed by atoms with E-state index in [4.69, 9.17) is 10.5 Å². The maximum Gasteiger partial charge on any atom is 0.288 e. The summed E-state index contributed by atoms with van der Waals surface area (Å²) in [6.45, 7) is -0.887. The van der Waals surface area contributed by atoms with Gasteiger partial charge in [-0.3, -0.25) is 4.79 Å². The zero-order valence-electron chi connectivity index (χ0n) is 11.1. The highest BCUT2D eigenvalue weighted by Crippen LogP contribution is 2.23. The van der Waals surface area contributed by atoms with Gasteiger partial charge in [-0.15, -0.1) is 0 Å². The number of alkyl halides is 2. The molecule has 1 aliphatic heterocycles. The third-order valence-corrected chi connectivity index (χ3v) is 3.29. The number of hydrogen-bond acceptors (Lipinski definition) is 3. The number of carbonyl (C=O) groups excluding carboxylic acids is 1. The number of rotatable bonds is 3. The molecule has 110 valence electrons. The molecule has 0 aliphatic carbocycles. The van der Waals surface area contributed by atoms with Crippen molar-refractivity contribution in [1.29, 1.82) is 0 Å². The summed E-state index contributed by atoms with van der Waals surface area (Å²) in [5.41, 5.74) is 6.40. The van der Waals surface area contributed by atoms with Gasteiger partial charge in [-0.25, -0.2) is 8.78 Å². The van der Waals surface area contributed by atoms with Crippen LogP contribution in [0.2, 0.25) is 0 Å². The van der Waals surface area contributed by atoms with Gasteiger partial charge in [0.05, 0.1) is 19.1 Å². The Bertz CT molecular complexity index is 454. The van der Waals surface area contributed by atoms with Gasteiger partial charge in [0.2, 0.25) is 5.91 Å². The highest BCUT2D eigenvalue weighted by atomic mass is 19.3. The third kappa shape index (κ3) is 3.52. The third-order valence-electron chi connectivity index (χ3n) is 3.29. The van der Waals surface area contributed by atoms with E-state index in [1.807, 2.05) is 6.07 Å². The van der Waals surface area contributed by atoms with Crippen molar-refractivity contribution in [2.45, 2.75) is 11.8 Å². The second-order valence-electron chi connectivity index (χ2n) is 4.87. The van der Waals surface area contributed by atoms with Crippen LogP contribution < -0.4 is 5.73 Å². The predicted octanol–water partition coefficient (Wildman–Crippen LogP) is 1.22. The number of amides is 1. The summed E-state index contributed by atoms with van der Waals surface area (Å²) in [5.74, 6) is -3.98. The van der Waals surface area contributed by atoms with Gasteiger partial charge in [0.15, 0.2) is 0 Å². The second kappa shape index (κ2) is 6.28. The first-order valence-electron chi connectivity index (χ1n) is 6.53. The summed E-state index contributed by atoms with van der Waals surface area (Å²) in [7, 11) is 0. The number of nitrogens with zero attached hydrogens (tertiary/aromatic N) is 1. The van der Waals surface area contributed by atoms with Crippen LogP contribution in [0, 0.1) is 0 Å². The summed E-state index contributed by atoms with van der Waals surface area (Å²) in [5, 5.41) is 0. The molecule has 0 saturated carbocycles. The molecule has 1 unspecified atom stereocenters. The molecule has 6 heteroatoms. The fourth-order valence-electron chi connectivity index (χ4n) is 2.27. The van der Waals surface area contributed by atoms with Crippen LogP contribution >= 0.6 is 0 Å². The molecule has 1 saturated heterocycles. The lowest BCUT2D eigenvalue weighted by atomic mass is 9.97. The van der Waals surface area contributed by atoms with E-state index in [2.05, 4.69) is 0 Å². The lowest BCUT2D eigenvalue weighted by Gasteiger charge is -2.27. The van der Waals surface area contributed by atoms with E-state index in [1.54, 1.807) is 24.3 Å². The SMILES string of the molecule is NCC(C(=O)N1CCOCC(F)(F)C1)c1ccccc1. The summed E-state index contributed by atoms with van der Waals surface area (Å²) in [6, 6.07) is 8.98. The van der Waals surface area contributed by atoms with Crippen molar-refractivity contribution in [2.75, 3.05) is 32.8 Å². The van der Waals surface area contributed by atoms with Crippen molar-refractivity contribution in [3.05, 3.63) is 35.9 Å². The Balaban J connectivity index is 2.15. The molecule has 20 heavy (non-hydrogen) atoms. The zero-order chi connectivity index (χ0) is 14.6. The number of hydrogen-bond donors (Lipinski definition) is 1. The minimum atomic E-state index is -3.01. The Morgan fingerprint density at radius 1 is 1.40 bits per heavy atom. The van der Waals surface area contributed by atoms with E-state index in [0.717, 1.165) is 10.5 Å². The van der Waals surface area contributed by atoms with Gasteiger partial charge in [0.25, 0.3) is 5.92 Å². The topological polar surface area (TPSA) is 55.6 Å². The van der Waals surface area contributed by atoms with Crippen LogP contribution in [0.3, 0.4) is 0 Å². The molecule has 1 aromatic carbocycles. The van der Waals surface area contributed by atoms with Crippen molar-refractivity contribution in [2.24, 2.45) is 5.73 Å². The van der Waals surface area contributed by atoms with Crippen LogP contribution in [0.25, 0.3) is 0 Å². The number of ether oxygens (including phenoxy) is 1. The number of halogens is 2. The van der Waals surface area contributed by atoms with E-state index in [9.17, 15) is 13.6 Å². The normalized spacial score (nSPS) is 20.2. The highest BCUT2D eigenvalue weighted by Gasteiger charge is 2.38. The molecule has 0 spiro atoms. The molecule has 1 aliphatic rings. The minimum absolute atomic E-state index is 0.0891. The van der Waals surface area contributed by atoms with Gasteiger partial charge in [0, 0.05) is 13.1 Å². The molecular formula is C14H18F2N2O2. The van der Waals surface area contributed by atoms with Gasteiger partial charge in [0.1, 0.15) is 6.61 Å². The largest absolute Gasteiger partial charge is 0.373 e. The Morgan fingerprint density at radius 3 is 2.75 bits per heavy atom. The van der Waals surface area contributed by atoms with Gasteiger partial charge >= 0.3 is 0 Å². The number of carbonyl (C=O) groups is 1. The van der Waals surface area contributed by atoms with Crippen LogP contribution in [-0.2, 0) is 9.53 Å². The van der Waals surface area contributed by atoms with Crippen LogP contribution in [0.15, 0.2) is 30.3 Å². The molecule has 2 rings (SSSR count). The first-order chi connectivity index (χ1) is 9.53. The molecule has 1 heterocycles. The first kappa shape index (κ1) is 14.9. The van der Waals surface area contributed by atoms with E-state index in [0.29, 0.717) is 0 Å². The van der Waals surface area contributed by atoms with Crippen molar-refractivity contribution in [3.63, 3.8) is 0 Å². The Labute approximate surface area is 116 Å². The fraction of sp³-hybridized carbons (Fsp3) is 0.500. The quantitative estimate of drug-likeness (QED) is 0.908. The van der Waals surface area contributed by atoms with E-state index >= 15 is 0 Å². The summed E-state index contributed by atoms with van der Waals surface area (Å²) in [6.07, 6.45) is 0. The second-order valence-corrected chi connectivity index (χ2v) is 4.87. The molecule has 1 amide bonds. The maximum absolute atomic E-state index is 13.5. The fourth-order valence-corrected chi connectivity index (χ4v) is 2.27. The van der Waals surface area contributed by atoms with Gasteiger partial charge in [-0.05, 0) is 5.56 Å². The van der Waals surface area contributed by atoms with Crippen molar-refractivity contribution in [3.8, 4) is 0 Å². The lowest BCUT2D eigenvalue weighted by molar-refractivity contribution is -0.137. The van der Waals surface area contributed by atoms with Crippen LogP contribution in [-0.4, -0.2) is 49.6 Å². The van der Waals surface area contributed by atoms with Crippen molar-refractivity contribution < 1.29 is 18.3 Å². The van der Waals surface area contributed by atoms with Crippen LogP contribution in [0.5, 0.6) is 0 Å². The maximum atomic E-state index is 13.5. The van der Waals surface area contributed by atoms with Gasteiger partial charge < -0.3 is 15.4 Å². The van der Waals surface area contributed by atoms with E-state index < -0.39 is 25.0 Å². The lowest BCUT2D eigenvalue weighted by Crippen LogP contribution is -2.44. The number of benzene rings is 1. The molecule has 1 atom stereocenters.